The van der Waals surface area contributed by atoms with Crippen molar-refractivity contribution in [1.29, 1.82) is 0 Å². The van der Waals surface area contributed by atoms with Gasteiger partial charge in [-0.2, -0.15) is 0 Å². The highest BCUT2D eigenvalue weighted by Crippen LogP contribution is 2.39. The van der Waals surface area contributed by atoms with E-state index in [4.69, 9.17) is 0 Å². The first kappa shape index (κ1) is 12.9. The van der Waals surface area contributed by atoms with Crippen LogP contribution in [0.25, 0.3) is 0 Å². The Labute approximate surface area is 114 Å². The van der Waals surface area contributed by atoms with Crippen LogP contribution in [0.4, 0.5) is 0 Å². The molecular weight excluding hydrogens is 240 g/mol. The minimum atomic E-state index is 0.242. The van der Waals surface area contributed by atoms with E-state index < -0.39 is 0 Å². The molecule has 3 fully saturated rings. The Bertz CT molecular complexity index is 370. The van der Waals surface area contributed by atoms with Crippen molar-refractivity contribution in [2.45, 2.75) is 51.5 Å². The van der Waals surface area contributed by atoms with Gasteiger partial charge in [0.25, 0.3) is 0 Å². The molecule has 0 aromatic carbocycles. The quantitative estimate of drug-likeness (QED) is 0.841. The van der Waals surface area contributed by atoms with Gasteiger partial charge in [-0.3, -0.25) is 9.59 Å². The van der Waals surface area contributed by atoms with Crippen molar-refractivity contribution in [2.75, 3.05) is 13.1 Å². The van der Waals surface area contributed by atoms with Crippen LogP contribution < -0.4 is 5.32 Å². The van der Waals surface area contributed by atoms with Crippen LogP contribution in [0.5, 0.6) is 0 Å². The summed E-state index contributed by atoms with van der Waals surface area (Å²) >= 11 is 0. The average molecular weight is 264 g/mol. The summed E-state index contributed by atoms with van der Waals surface area (Å²) in [4.78, 5) is 26.0. The van der Waals surface area contributed by atoms with Crippen LogP contribution in [0.15, 0.2) is 0 Å². The van der Waals surface area contributed by atoms with Crippen molar-refractivity contribution in [3.05, 3.63) is 0 Å². The predicted molar refractivity (Wildman–Crippen MR) is 72.4 cm³/mol. The highest BCUT2D eigenvalue weighted by molar-refractivity contribution is 5.82. The van der Waals surface area contributed by atoms with E-state index >= 15 is 0 Å². The number of carbonyl (C=O) groups is 2. The molecule has 0 aromatic heterocycles. The van der Waals surface area contributed by atoms with Crippen molar-refractivity contribution in [2.24, 2.45) is 17.8 Å². The Morgan fingerprint density at radius 3 is 2.21 bits per heavy atom. The van der Waals surface area contributed by atoms with Gasteiger partial charge in [-0.15, -0.1) is 0 Å². The molecule has 0 unspecified atom stereocenters. The lowest BCUT2D eigenvalue weighted by atomic mass is 9.84. The third-order valence-electron chi connectivity index (χ3n) is 5.06. The normalized spacial score (nSPS) is 31.7. The minimum absolute atomic E-state index is 0.242. The van der Waals surface area contributed by atoms with Gasteiger partial charge in [-0.05, 0) is 38.0 Å². The lowest BCUT2D eigenvalue weighted by molar-refractivity contribution is -0.134. The van der Waals surface area contributed by atoms with Crippen LogP contribution in [-0.2, 0) is 9.59 Å². The molecule has 2 amide bonds. The minimum Gasteiger partial charge on any atom is -0.353 e. The van der Waals surface area contributed by atoms with E-state index in [1.807, 2.05) is 4.90 Å². The molecule has 4 nitrogen and oxygen atoms in total. The zero-order valence-corrected chi connectivity index (χ0v) is 11.7. The molecule has 2 atom stereocenters. The molecule has 1 saturated heterocycles. The standard InChI is InChI=1S/C15H24N2O2/c1-10-9-13(10)15(19)17-7-5-12(6-8-17)16-14(18)11-3-2-4-11/h10-13H,2-9H2,1H3,(H,16,18)/t10-,13+/m0/s1. The third-order valence-corrected chi connectivity index (χ3v) is 5.06. The zero-order valence-electron chi connectivity index (χ0n) is 11.7. The fourth-order valence-electron chi connectivity index (χ4n) is 3.13. The number of rotatable bonds is 3. The molecule has 3 aliphatic rings. The van der Waals surface area contributed by atoms with Gasteiger partial charge >= 0.3 is 0 Å². The van der Waals surface area contributed by atoms with Crippen LogP contribution in [0.2, 0.25) is 0 Å². The number of piperidine rings is 1. The number of hydrogen-bond acceptors (Lipinski definition) is 2. The molecular formula is C15H24N2O2. The summed E-state index contributed by atoms with van der Waals surface area (Å²) in [6, 6.07) is 0.286. The van der Waals surface area contributed by atoms with E-state index in [0.717, 1.165) is 45.2 Å². The molecule has 3 rings (SSSR count). The molecule has 19 heavy (non-hydrogen) atoms. The van der Waals surface area contributed by atoms with E-state index in [-0.39, 0.29) is 17.9 Å². The lowest BCUT2D eigenvalue weighted by Gasteiger charge is -2.34. The maximum atomic E-state index is 12.1. The lowest BCUT2D eigenvalue weighted by Crippen LogP contribution is -2.48. The van der Waals surface area contributed by atoms with Gasteiger partial charge in [0.05, 0.1) is 0 Å². The fraction of sp³-hybridized carbons (Fsp3) is 0.867. The van der Waals surface area contributed by atoms with Gasteiger partial charge in [-0.25, -0.2) is 0 Å². The molecule has 2 saturated carbocycles. The van der Waals surface area contributed by atoms with Gasteiger partial charge in [0.15, 0.2) is 0 Å². The van der Waals surface area contributed by atoms with Gasteiger partial charge in [0, 0.05) is 31.0 Å². The first-order valence-corrected chi connectivity index (χ1v) is 7.74. The van der Waals surface area contributed by atoms with E-state index in [1.165, 1.54) is 6.42 Å². The second-order valence-electron chi connectivity index (χ2n) is 6.56. The van der Waals surface area contributed by atoms with Gasteiger partial charge in [0.2, 0.25) is 11.8 Å². The first-order valence-electron chi connectivity index (χ1n) is 7.74. The van der Waals surface area contributed by atoms with Crippen LogP contribution in [0.3, 0.4) is 0 Å². The van der Waals surface area contributed by atoms with E-state index in [2.05, 4.69) is 12.2 Å². The highest BCUT2D eigenvalue weighted by Gasteiger charge is 2.42. The second kappa shape index (κ2) is 5.14. The van der Waals surface area contributed by atoms with Crippen molar-refractivity contribution < 1.29 is 9.59 Å². The number of likely N-dealkylation sites (tertiary alicyclic amines) is 1. The first-order chi connectivity index (χ1) is 9.15. The molecule has 0 radical (unpaired) electrons. The number of hydrogen-bond donors (Lipinski definition) is 1. The van der Waals surface area contributed by atoms with Gasteiger partial charge in [-0.1, -0.05) is 13.3 Å². The summed E-state index contributed by atoms with van der Waals surface area (Å²) in [5.41, 5.74) is 0. The van der Waals surface area contributed by atoms with Crippen molar-refractivity contribution in [3.8, 4) is 0 Å². The van der Waals surface area contributed by atoms with E-state index in [0.29, 0.717) is 17.7 Å². The Balaban J connectivity index is 1.41. The Morgan fingerprint density at radius 2 is 1.74 bits per heavy atom. The van der Waals surface area contributed by atoms with Crippen LogP contribution >= 0.6 is 0 Å². The van der Waals surface area contributed by atoms with E-state index in [1.54, 1.807) is 0 Å². The topological polar surface area (TPSA) is 49.4 Å². The summed E-state index contributed by atoms with van der Waals surface area (Å²) in [6.45, 7) is 3.78. The summed E-state index contributed by atoms with van der Waals surface area (Å²) < 4.78 is 0. The maximum absolute atomic E-state index is 12.1. The molecule has 1 N–H and O–H groups in total. The molecule has 4 heteroatoms. The van der Waals surface area contributed by atoms with E-state index in [9.17, 15) is 9.59 Å². The largest absolute Gasteiger partial charge is 0.353 e. The van der Waals surface area contributed by atoms with Gasteiger partial charge in [0.1, 0.15) is 0 Å². The van der Waals surface area contributed by atoms with Crippen molar-refractivity contribution in [1.82, 2.24) is 10.2 Å². The van der Waals surface area contributed by atoms with Crippen molar-refractivity contribution >= 4 is 11.8 Å². The average Bonchev–Trinajstić information content (AvgIpc) is 3.04. The highest BCUT2D eigenvalue weighted by atomic mass is 16.2. The third kappa shape index (κ3) is 2.77. The number of nitrogens with one attached hydrogen (secondary N) is 1. The van der Waals surface area contributed by atoms with Crippen LogP contribution in [-0.4, -0.2) is 35.8 Å². The van der Waals surface area contributed by atoms with Crippen molar-refractivity contribution in [3.63, 3.8) is 0 Å². The molecule has 0 bridgehead atoms. The summed E-state index contributed by atoms with van der Waals surface area (Å²) in [6.07, 6.45) is 6.23. The Hall–Kier alpha value is -1.06. The molecule has 106 valence electrons. The summed E-state index contributed by atoms with van der Waals surface area (Å²) in [7, 11) is 0. The molecule has 1 heterocycles. The summed E-state index contributed by atoms with van der Waals surface area (Å²) in [5.74, 6) is 1.74. The maximum Gasteiger partial charge on any atom is 0.225 e. The second-order valence-corrected chi connectivity index (χ2v) is 6.56. The number of nitrogens with zero attached hydrogens (tertiary/aromatic N) is 1. The zero-order chi connectivity index (χ0) is 13.4. The smallest absolute Gasteiger partial charge is 0.225 e. The van der Waals surface area contributed by atoms with Crippen LogP contribution in [0.1, 0.15) is 45.4 Å². The van der Waals surface area contributed by atoms with Crippen LogP contribution in [0, 0.1) is 17.8 Å². The summed E-state index contributed by atoms with van der Waals surface area (Å²) in [5, 5.41) is 3.16. The predicted octanol–water partition coefficient (Wildman–Crippen LogP) is 1.55. The SMILES string of the molecule is C[C@H]1C[C@H]1C(=O)N1CCC(NC(=O)C2CCC2)CC1. The fourth-order valence-corrected chi connectivity index (χ4v) is 3.13. The molecule has 0 aromatic rings. The molecule has 1 aliphatic heterocycles. The Kier molecular flexibility index (Phi) is 3.50. The monoisotopic (exact) mass is 264 g/mol. The number of carbonyl (C=O) groups excluding carboxylic acids is 2. The number of amides is 2. The molecule has 2 aliphatic carbocycles. The molecule has 0 spiro atoms. The van der Waals surface area contributed by atoms with Gasteiger partial charge < -0.3 is 10.2 Å². The Morgan fingerprint density at radius 1 is 1.11 bits per heavy atom.